The van der Waals surface area contributed by atoms with Crippen molar-refractivity contribution >= 4 is 44.7 Å². The first-order chi connectivity index (χ1) is 12.9. The molecule has 5 heteroatoms. The van der Waals surface area contributed by atoms with Crippen LogP contribution in [-0.4, -0.2) is 9.97 Å². The van der Waals surface area contributed by atoms with Crippen LogP contribution >= 0.6 is 22.9 Å². The van der Waals surface area contributed by atoms with Crippen molar-refractivity contribution in [3.05, 3.63) is 69.3 Å². The fraction of sp³-hybridized carbons (Fsp3) is 0.182. The molecule has 136 valence electrons. The summed E-state index contributed by atoms with van der Waals surface area (Å²) in [7, 11) is 0. The molecule has 4 aromatic rings. The topological polar surface area (TPSA) is 37.8 Å². The van der Waals surface area contributed by atoms with Crippen molar-refractivity contribution in [2.75, 3.05) is 5.32 Å². The average molecular weight is 394 g/mol. The predicted octanol–water partition coefficient (Wildman–Crippen LogP) is 6.99. The van der Waals surface area contributed by atoms with Crippen LogP contribution < -0.4 is 5.32 Å². The molecule has 2 aromatic heterocycles. The number of nitrogens with one attached hydrogen (secondary N) is 1. The number of thiophene rings is 1. The summed E-state index contributed by atoms with van der Waals surface area (Å²) in [5.41, 5.74) is 7.98. The van der Waals surface area contributed by atoms with E-state index in [1.165, 1.54) is 16.7 Å². The van der Waals surface area contributed by atoms with Crippen LogP contribution in [0.25, 0.3) is 21.3 Å². The molecular formula is C22H20ClN3S. The lowest BCUT2D eigenvalue weighted by molar-refractivity contribution is 1.22. The van der Waals surface area contributed by atoms with Gasteiger partial charge < -0.3 is 5.32 Å². The zero-order chi connectivity index (χ0) is 19.1. The molecule has 0 saturated heterocycles. The van der Waals surface area contributed by atoms with Crippen molar-refractivity contribution < 1.29 is 0 Å². The Morgan fingerprint density at radius 1 is 0.889 bits per heavy atom. The van der Waals surface area contributed by atoms with Gasteiger partial charge in [-0.15, -0.1) is 11.3 Å². The van der Waals surface area contributed by atoms with E-state index >= 15 is 0 Å². The van der Waals surface area contributed by atoms with Gasteiger partial charge in [-0.1, -0.05) is 41.4 Å². The molecule has 2 heterocycles. The molecule has 0 spiro atoms. The lowest BCUT2D eigenvalue weighted by Gasteiger charge is -2.14. The molecule has 0 saturated carbocycles. The van der Waals surface area contributed by atoms with Crippen molar-refractivity contribution in [1.82, 2.24) is 9.97 Å². The molecule has 0 amide bonds. The Hall–Kier alpha value is -2.43. The Kier molecular flexibility index (Phi) is 4.62. The van der Waals surface area contributed by atoms with Crippen LogP contribution in [0.15, 0.2) is 42.0 Å². The van der Waals surface area contributed by atoms with Gasteiger partial charge in [0.2, 0.25) is 0 Å². The minimum absolute atomic E-state index is 0.697. The number of rotatable bonds is 3. The van der Waals surface area contributed by atoms with Crippen LogP contribution in [0.5, 0.6) is 0 Å². The Bertz CT molecular complexity index is 1140. The van der Waals surface area contributed by atoms with E-state index in [9.17, 15) is 0 Å². The van der Waals surface area contributed by atoms with Gasteiger partial charge in [0, 0.05) is 10.9 Å². The van der Waals surface area contributed by atoms with Crippen LogP contribution in [0.1, 0.15) is 22.3 Å². The minimum Gasteiger partial charge on any atom is -0.338 e. The Balaban J connectivity index is 1.89. The van der Waals surface area contributed by atoms with Crippen LogP contribution in [0.4, 0.5) is 11.5 Å². The van der Waals surface area contributed by atoms with E-state index in [-0.39, 0.29) is 0 Å². The standard InChI is InChI=1S/C22H20ClN3S/c1-12-5-6-16(14(3)7-12)17-10-27-22-19(17)21(24-11-25-22)26-20-15(4)8-13(2)9-18(20)23/h5-11H,1-4H3,(H,24,25,26). The number of hydrogen-bond acceptors (Lipinski definition) is 4. The summed E-state index contributed by atoms with van der Waals surface area (Å²) in [5.74, 6) is 0.782. The summed E-state index contributed by atoms with van der Waals surface area (Å²) in [6, 6.07) is 10.6. The van der Waals surface area contributed by atoms with Crippen LogP contribution in [0, 0.1) is 27.7 Å². The third-order valence-electron chi connectivity index (χ3n) is 4.72. The fourth-order valence-electron chi connectivity index (χ4n) is 3.48. The molecule has 4 rings (SSSR count). The zero-order valence-corrected chi connectivity index (χ0v) is 17.3. The third kappa shape index (κ3) is 3.31. The van der Waals surface area contributed by atoms with Crippen molar-refractivity contribution in [3.63, 3.8) is 0 Å². The first-order valence-electron chi connectivity index (χ1n) is 8.77. The lowest BCUT2D eigenvalue weighted by atomic mass is 9.99. The highest BCUT2D eigenvalue weighted by molar-refractivity contribution is 7.17. The van der Waals surface area contributed by atoms with Gasteiger partial charge in [0.25, 0.3) is 0 Å². The first-order valence-corrected chi connectivity index (χ1v) is 10.0. The maximum atomic E-state index is 6.51. The minimum atomic E-state index is 0.697. The van der Waals surface area contributed by atoms with E-state index in [1.807, 2.05) is 13.0 Å². The summed E-state index contributed by atoms with van der Waals surface area (Å²) in [6.07, 6.45) is 1.60. The molecule has 0 radical (unpaired) electrons. The highest BCUT2D eigenvalue weighted by Crippen LogP contribution is 2.40. The average Bonchev–Trinajstić information content (AvgIpc) is 3.03. The molecule has 0 bridgehead atoms. The van der Waals surface area contributed by atoms with E-state index in [1.54, 1.807) is 17.7 Å². The maximum Gasteiger partial charge on any atom is 0.143 e. The second-order valence-corrected chi connectivity index (χ2v) is 8.20. The van der Waals surface area contributed by atoms with Gasteiger partial charge in [-0.05, 0) is 56.0 Å². The van der Waals surface area contributed by atoms with Gasteiger partial charge in [-0.2, -0.15) is 0 Å². The lowest BCUT2D eigenvalue weighted by Crippen LogP contribution is -1.99. The zero-order valence-electron chi connectivity index (χ0n) is 15.7. The number of hydrogen-bond donors (Lipinski definition) is 1. The summed E-state index contributed by atoms with van der Waals surface area (Å²) >= 11 is 8.14. The quantitative estimate of drug-likeness (QED) is 0.407. The second kappa shape index (κ2) is 6.95. The smallest absolute Gasteiger partial charge is 0.143 e. The molecular weight excluding hydrogens is 374 g/mol. The number of aryl methyl sites for hydroxylation is 4. The van der Waals surface area contributed by atoms with Gasteiger partial charge in [-0.25, -0.2) is 9.97 Å². The molecule has 27 heavy (non-hydrogen) atoms. The second-order valence-electron chi connectivity index (χ2n) is 6.93. The summed E-state index contributed by atoms with van der Waals surface area (Å²) in [4.78, 5) is 9.97. The Morgan fingerprint density at radius 2 is 1.67 bits per heavy atom. The molecule has 2 aromatic carbocycles. The van der Waals surface area contributed by atoms with Gasteiger partial charge in [0.1, 0.15) is 17.0 Å². The predicted molar refractivity (Wildman–Crippen MR) is 117 cm³/mol. The van der Waals surface area contributed by atoms with E-state index in [0.717, 1.165) is 38.4 Å². The Morgan fingerprint density at radius 3 is 2.41 bits per heavy atom. The summed E-state index contributed by atoms with van der Waals surface area (Å²) < 4.78 is 0. The molecule has 0 unspecified atom stereocenters. The number of fused-ring (bicyclic) bond motifs is 1. The van der Waals surface area contributed by atoms with Crippen molar-refractivity contribution in [2.45, 2.75) is 27.7 Å². The van der Waals surface area contributed by atoms with Crippen molar-refractivity contribution in [1.29, 1.82) is 0 Å². The molecule has 0 atom stereocenters. The SMILES string of the molecule is Cc1ccc(-c2csc3ncnc(Nc4c(C)cc(C)cc4Cl)c23)c(C)c1. The molecule has 0 aliphatic carbocycles. The van der Waals surface area contributed by atoms with E-state index < -0.39 is 0 Å². The summed E-state index contributed by atoms with van der Waals surface area (Å²) in [6.45, 7) is 8.35. The van der Waals surface area contributed by atoms with Crippen LogP contribution in [0.3, 0.4) is 0 Å². The number of nitrogens with zero attached hydrogens (tertiary/aromatic N) is 2. The van der Waals surface area contributed by atoms with Crippen molar-refractivity contribution in [2.24, 2.45) is 0 Å². The number of aromatic nitrogens is 2. The number of halogens is 1. The molecule has 0 aliphatic heterocycles. The number of benzene rings is 2. The van der Waals surface area contributed by atoms with Gasteiger partial charge in [-0.3, -0.25) is 0 Å². The summed E-state index contributed by atoms with van der Waals surface area (Å²) in [5, 5.41) is 7.35. The van der Waals surface area contributed by atoms with E-state index in [2.05, 4.69) is 65.7 Å². The first kappa shape index (κ1) is 18.0. The molecule has 0 aliphatic rings. The third-order valence-corrected chi connectivity index (χ3v) is 5.90. The van der Waals surface area contributed by atoms with Gasteiger partial charge >= 0.3 is 0 Å². The molecule has 0 fully saturated rings. The van der Waals surface area contributed by atoms with Crippen molar-refractivity contribution in [3.8, 4) is 11.1 Å². The Labute approximate surface area is 168 Å². The van der Waals surface area contributed by atoms with E-state index in [4.69, 9.17) is 11.6 Å². The molecule has 1 N–H and O–H groups in total. The maximum absolute atomic E-state index is 6.51. The highest BCUT2D eigenvalue weighted by Gasteiger charge is 2.16. The highest BCUT2D eigenvalue weighted by atomic mass is 35.5. The molecule has 3 nitrogen and oxygen atoms in total. The largest absolute Gasteiger partial charge is 0.338 e. The van der Waals surface area contributed by atoms with Gasteiger partial charge in [0.15, 0.2) is 0 Å². The van der Waals surface area contributed by atoms with Crippen LogP contribution in [0.2, 0.25) is 5.02 Å². The normalized spacial score (nSPS) is 11.1. The van der Waals surface area contributed by atoms with E-state index in [0.29, 0.717) is 5.02 Å². The fourth-order valence-corrected chi connectivity index (χ4v) is 4.75. The number of anilines is 2. The van der Waals surface area contributed by atoms with Gasteiger partial charge in [0.05, 0.1) is 16.1 Å². The van der Waals surface area contributed by atoms with Crippen LogP contribution in [-0.2, 0) is 0 Å². The monoisotopic (exact) mass is 393 g/mol.